The third kappa shape index (κ3) is 3.78. The van der Waals surface area contributed by atoms with Crippen molar-refractivity contribution in [3.8, 4) is 0 Å². The van der Waals surface area contributed by atoms with Gasteiger partial charge in [0, 0.05) is 13.0 Å². The minimum absolute atomic E-state index is 0.332. The average Bonchev–Trinajstić information content (AvgIpc) is 2.64. The Balaban J connectivity index is 2.67. The predicted octanol–water partition coefficient (Wildman–Crippen LogP) is 0.998. The van der Waals surface area contributed by atoms with Gasteiger partial charge in [-0.15, -0.1) is 0 Å². The van der Waals surface area contributed by atoms with Gasteiger partial charge >= 0.3 is 0 Å². The van der Waals surface area contributed by atoms with Crippen LogP contribution in [0, 0.1) is 5.41 Å². The summed E-state index contributed by atoms with van der Waals surface area (Å²) in [6, 6.07) is 0. The van der Waals surface area contributed by atoms with Gasteiger partial charge in [-0.2, -0.15) is 5.10 Å². The molecule has 0 bridgehead atoms. The second-order valence-electron chi connectivity index (χ2n) is 5.48. The van der Waals surface area contributed by atoms with Crippen molar-refractivity contribution in [3.05, 3.63) is 12.2 Å². The summed E-state index contributed by atoms with van der Waals surface area (Å²) in [6.07, 6.45) is 1.21. The van der Waals surface area contributed by atoms with E-state index in [1.54, 1.807) is 4.68 Å². The number of aliphatic hydroxyl groups is 2. The lowest BCUT2D eigenvalue weighted by molar-refractivity contribution is -0.0445. The van der Waals surface area contributed by atoms with Crippen LogP contribution in [0.3, 0.4) is 0 Å². The molecule has 0 aromatic carbocycles. The maximum atomic E-state index is 9.99. The number of aliphatic hydroxyl groups excluding tert-OH is 2. The molecule has 2 unspecified atom stereocenters. The molecule has 0 amide bonds. The van der Waals surface area contributed by atoms with E-state index in [2.05, 4.69) is 17.0 Å². The van der Waals surface area contributed by atoms with Crippen LogP contribution in [0.5, 0.6) is 0 Å². The van der Waals surface area contributed by atoms with Crippen molar-refractivity contribution in [1.29, 1.82) is 0 Å². The maximum absolute atomic E-state index is 9.99. The Hall–Kier alpha value is -0.940. The monoisotopic (exact) mass is 241 g/mol. The SMILES string of the molecule is CCCn1ncnc1CC(O)C(O)C(C)(C)C. The topological polar surface area (TPSA) is 71.2 Å². The zero-order chi connectivity index (χ0) is 13.1. The molecule has 1 heterocycles. The van der Waals surface area contributed by atoms with Gasteiger partial charge in [-0.1, -0.05) is 27.7 Å². The van der Waals surface area contributed by atoms with Crippen molar-refractivity contribution < 1.29 is 10.2 Å². The van der Waals surface area contributed by atoms with Crippen molar-refractivity contribution in [1.82, 2.24) is 14.8 Å². The summed E-state index contributed by atoms with van der Waals surface area (Å²) in [4.78, 5) is 4.12. The summed E-state index contributed by atoms with van der Waals surface area (Å²) < 4.78 is 1.78. The van der Waals surface area contributed by atoms with Gasteiger partial charge in [0.2, 0.25) is 0 Å². The van der Waals surface area contributed by atoms with Crippen molar-refractivity contribution >= 4 is 0 Å². The first kappa shape index (κ1) is 14.1. The van der Waals surface area contributed by atoms with E-state index in [0.29, 0.717) is 6.42 Å². The van der Waals surface area contributed by atoms with Crippen molar-refractivity contribution in [2.24, 2.45) is 5.41 Å². The molecule has 5 heteroatoms. The summed E-state index contributed by atoms with van der Waals surface area (Å²) in [5.74, 6) is 0.725. The highest BCUT2D eigenvalue weighted by Gasteiger charge is 2.30. The van der Waals surface area contributed by atoms with Gasteiger partial charge in [0.25, 0.3) is 0 Å². The van der Waals surface area contributed by atoms with E-state index in [1.165, 1.54) is 6.33 Å². The molecule has 5 nitrogen and oxygen atoms in total. The molecule has 0 spiro atoms. The van der Waals surface area contributed by atoms with E-state index < -0.39 is 12.2 Å². The number of nitrogens with zero attached hydrogens (tertiary/aromatic N) is 3. The van der Waals surface area contributed by atoms with Crippen LogP contribution < -0.4 is 0 Å². The fraction of sp³-hybridized carbons (Fsp3) is 0.833. The number of aromatic nitrogens is 3. The summed E-state index contributed by atoms with van der Waals surface area (Å²) in [6.45, 7) is 8.55. The molecule has 0 aliphatic heterocycles. The van der Waals surface area contributed by atoms with E-state index in [4.69, 9.17) is 0 Å². The molecule has 2 atom stereocenters. The molecule has 0 saturated heterocycles. The van der Waals surface area contributed by atoms with Crippen LogP contribution in [0.1, 0.15) is 39.9 Å². The standard InChI is InChI=1S/C12H23N3O2/c1-5-6-15-10(13-8-14-15)7-9(16)11(17)12(2,3)4/h8-9,11,16-17H,5-7H2,1-4H3. The molecular weight excluding hydrogens is 218 g/mol. The van der Waals surface area contributed by atoms with Gasteiger partial charge in [-0.25, -0.2) is 4.98 Å². The molecular formula is C12H23N3O2. The Labute approximate surface area is 102 Å². The molecule has 1 aromatic heterocycles. The Morgan fingerprint density at radius 3 is 2.53 bits per heavy atom. The first-order valence-corrected chi connectivity index (χ1v) is 6.09. The molecule has 0 saturated carbocycles. The predicted molar refractivity (Wildman–Crippen MR) is 65.5 cm³/mol. The lowest BCUT2D eigenvalue weighted by Gasteiger charge is -2.29. The molecule has 0 fully saturated rings. The highest BCUT2D eigenvalue weighted by molar-refractivity contribution is 4.92. The molecule has 1 rings (SSSR count). The maximum Gasteiger partial charge on any atom is 0.138 e. The highest BCUT2D eigenvalue weighted by atomic mass is 16.3. The fourth-order valence-electron chi connectivity index (χ4n) is 1.72. The molecule has 17 heavy (non-hydrogen) atoms. The lowest BCUT2D eigenvalue weighted by atomic mass is 9.85. The van der Waals surface area contributed by atoms with Crippen LogP contribution in [0.15, 0.2) is 6.33 Å². The minimum Gasteiger partial charge on any atom is -0.390 e. The van der Waals surface area contributed by atoms with E-state index >= 15 is 0 Å². The van der Waals surface area contributed by atoms with Crippen LogP contribution in [0.4, 0.5) is 0 Å². The third-order valence-corrected chi connectivity index (χ3v) is 2.77. The summed E-state index contributed by atoms with van der Waals surface area (Å²) in [5, 5.41) is 24.0. The second-order valence-corrected chi connectivity index (χ2v) is 5.48. The molecule has 0 aliphatic rings. The van der Waals surface area contributed by atoms with Gasteiger partial charge in [-0.05, 0) is 11.8 Å². The number of hydrogen-bond donors (Lipinski definition) is 2. The lowest BCUT2D eigenvalue weighted by Crippen LogP contribution is -2.39. The van der Waals surface area contributed by atoms with Crippen LogP contribution in [-0.4, -0.2) is 37.2 Å². The van der Waals surface area contributed by atoms with Gasteiger partial charge in [0.1, 0.15) is 12.2 Å². The van der Waals surface area contributed by atoms with E-state index in [0.717, 1.165) is 18.8 Å². The molecule has 0 radical (unpaired) electrons. The second kappa shape index (κ2) is 5.60. The zero-order valence-electron chi connectivity index (χ0n) is 11.1. The van der Waals surface area contributed by atoms with E-state index in [9.17, 15) is 10.2 Å². The van der Waals surface area contributed by atoms with Crippen molar-refractivity contribution in [2.45, 2.75) is 59.3 Å². The van der Waals surface area contributed by atoms with Gasteiger partial charge in [-0.3, -0.25) is 4.68 Å². The minimum atomic E-state index is -0.810. The smallest absolute Gasteiger partial charge is 0.138 e. The van der Waals surface area contributed by atoms with Crippen LogP contribution >= 0.6 is 0 Å². The van der Waals surface area contributed by atoms with Crippen LogP contribution in [0.2, 0.25) is 0 Å². The van der Waals surface area contributed by atoms with Crippen molar-refractivity contribution in [3.63, 3.8) is 0 Å². The first-order chi connectivity index (χ1) is 7.86. The first-order valence-electron chi connectivity index (χ1n) is 6.09. The Morgan fingerprint density at radius 1 is 1.35 bits per heavy atom. The van der Waals surface area contributed by atoms with Gasteiger partial charge in [0.05, 0.1) is 12.2 Å². The van der Waals surface area contributed by atoms with E-state index in [1.807, 2.05) is 20.8 Å². The number of rotatable bonds is 5. The Morgan fingerprint density at radius 2 is 2.00 bits per heavy atom. The summed E-state index contributed by atoms with van der Waals surface area (Å²) in [5.41, 5.74) is -0.338. The molecule has 2 N–H and O–H groups in total. The van der Waals surface area contributed by atoms with Crippen LogP contribution in [-0.2, 0) is 13.0 Å². The number of aryl methyl sites for hydroxylation is 1. The molecule has 1 aromatic rings. The van der Waals surface area contributed by atoms with E-state index in [-0.39, 0.29) is 5.41 Å². The Bertz CT molecular complexity index is 344. The zero-order valence-corrected chi connectivity index (χ0v) is 11.1. The average molecular weight is 241 g/mol. The fourth-order valence-corrected chi connectivity index (χ4v) is 1.72. The normalized spacial score (nSPS) is 15.9. The Kier molecular flexibility index (Phi) is 4.65. The number of hydrogen-bond acceptors (Lipinski definition) is 4. The largest absolute Gasteiger partial charge is 0.390 e. The van der Waals surface area contributed by atoms with Gasteiger partial charge in [0.15, 0.2) is 0 Å². The molecule has 98 valence electrons. The van der Waals surface area contributed by atoms with Crippen LogP contribution in [0.25, 0.3) is 0 Å². The highest BCUT2D eigenvalue weighted by Crippen LogP contribution is 2.23. The quantitative estimate of drug-likeness (QED) is 0.806. The van der Waals surface area contributed by atoms with Gasteiger partial charge < -0.3 is 10.2 Å². The molecule has 0 aliphatic carbocycles. The summed E-state index contributed by atoms with van der Waals surface area (Å²) in [7, 11) is 0. The van der Waals surface area contributed by atoms with Crippen molar-refractivity contribution in [2.75, 3.05) is 0 Å². The third-order valence-electron chi connectivity index (χ3n) is 2.77. The summed E-state index contributed by atoms with van der Waals surface area (Å²) >= 11 is 0.